The molecular formula is C16H22O4. The molecule has 0 spiro atoms. The summed E-state index contributed by atoms with van der Waals surface area (Å²) < 4.78 is 9.73. The number of ether oxygens (including phenoxy) is 2. The van der Waals surface area contributed by atoms with Gasteiger partial charge in [-0.15, -0.1) is 23.7 Å². The molecule has 0 aliphatic carbocycles. The Hall–Kier alpha value is -1.94. The van der Waals surface area contributed by atoms with Gasteiger partial charge < -0.3 is 9.47 Å². The summed E-state index contributed by atoms with van der Waals surface area (Å²) in [6, 6.07) is 0. The van der Waals surface area contributed by atoms with Crippen LogP contribution in [0.4, 0.5) is 0 Å². The highest BCUT2D eigenvalue weighted by molar-refractivity contribution is 6.29. The minimum atomic E-state index is -0.949. The Bertz CT molecular complexity index is 389. The van der Waals surface area contributed by atoms with Gasteiger partial charge in [0.1, 0.15) is 0 Å². The summed E-state index contributed by atoms with van der Waals surface area (Å²) >= 11 is 0. The minimum absolute atomic E-state index is 0.0953. The molecule has 0 N–H and O–H groups in total. The molecule has 0 aromatic carbocycles. The molecule has 2 unspecified atom stereocenters. The van der Waals surface area contributed by atoms with E-state index >= 15 is 0 Å². The van der Waals surface area contributed by atoms with Crippen LogP contribution in [0.25, 0.3) is 0 Å². The first-order valence-electron chi connectivity index (χ1n) is 6.64. The van der Waals surface area contributed by atoms with Gasteiger partial charge in [0.05, 0.1) is 13.2 Å². The van der Waals surface area contributed by atoms with Crippen molar-refractivity contribution < 1.29 is 19.1 Å². The fraction of sp³-hybridized carbons (Fsp3) is 0.625. The molecule has 0 aromatic rings. The number of carbonyl (C=O) groups excluding carboxylic acids is 2. The molecule has 0 rings (SSSR count). The van der Waals surface area contributed by atoms with Gasteiger partial charge in [-0.3, -0.25) is 0 Å². The zero-order chi connectivity index (χ0) is 15.4. The number of esters is 2. The van der Waals surface area contributed by atoms with Crippen LogP contribution in [0.15, 0.2) is 0 Å². The van der Waals surface area contributed by atoms with E-state index in [1.54, 1.807) is 13.8 Å². The van der Waals surface area contributed by atoms with Gasteiger partial charge in [-0.2, -0.15) is 0 Å². The molecule has 0 amide bonds. The Morgan fingerprint density at radius 1 is 0.850 bits per heavy atom. The predicted molar refractivity (Wildman–Crippen MR) is 76.4 cm³/mol. The van der Waals surface area contributed by atoms with Crippen molar-refractivity contribution >= 4 is 11.9 Å². The lowest BCUT2D eigenvalue weighted by molar-refractivity contribution is -0.169. The first-order chi connectivity index (χ1) is 9.51. The zero-order valence-electron chi connectivity index (χ0n) is 12.6. The monoisotopic (exact) mass is 278 g/mol. The van der Waals surface area contributed by atoms with Crippen LogP contribution in [0.1, 0.15) is 40.5 Å². The average molecular weight is 278 g/mol. The number of hydrogen-bond donors (Lipinski definition) is 0. The van der Waals surface area contributed by atoms with E-state index in [1.165, 1.54) is 0 Å². The van der Waals surface area contributed by atoms with Gasteiger partial charge in [0.25, 0.3) is 0 Å². The molecule has 2 atom stereocenters. The van der Waals surface area contributed by atoms with Crippen LogP contribution in [0, 0.1) is 35.5 Å². The molecular weight excluding hydrogens is 256 g/mol. The molecule has 0 aliphatic rings. The standard InChI is InChI=1S/C16H22O4/c1-5-7-9-13(3)11-19-15(17)16(18)20-12-14(4)10-8-6-2/h13-14H,9-12H2,1-4H3. The highest BCUT2D eigenvalue weighted by atomic mass is 16.6. The molecule has 0 heterocycles. The molecule has 0 saturated heterocycles. The molecule has 0 bridgehead atoms. The minimum Gasteiger partial charge on any atom is -0.457 e. The predicted octanol–water partition coefficient (Wildman–Crippen LogP) is 2.17. The molecule has 4 heteroatoms. The van der Waals surface area contributed by atoms with Gasteiger partial charge in [-0.25, -0.2) is 9.59 Å². The second-order valence-corrected chi connectivity index (χ2v) is 4.67. The molecule has 0 aromatic heterocycles. The van der Waals surface area contributed by atoms with Crippen LogP contribution in [0.2, 0.25) is 0 Å². The third-order valence-electron chi connectivity index (χ3n) is 2.42. The SMILES string of the molecule is CC#CCC(C)COC(=O)C(=O)OCC(C)CC#CC. The Balaban J connectivity index is 3.93. The number of rotatable bonds is 6. The van der Waals surface area contributed by atoms with Crippen LogP contribution in [-0.2, 0) is 19.1 Å². The van der Waals surface area contributed by atoms with Crippen LogP contribution < -0.4 is 0 Å². The Morgan fingerprint density at radius 2 is 1.20 bits per heavy atom. The number of carbonyl (C=O) groups is 2. The summed E-state index contributed by atoms with van der Waals surface area (Å²) in [6.07, 6.45) is 1.26. The van der Waals surface area contributed by atoms with Crippen molar-refractivity contribution in [3.05, 3.63) is 0 Å². The Kier molecular flexibility index (Phi) is 9.87. The third-order valence-corrected chi connectivity index (χ3v) is 2.42. The average Bonchev–Trinajstić information content (AvgIpc) is 2.45. The smallest absolute Gasteiger partial charge is 0.417 e. The summed E-state index contributed by atoms with van der Waals surface area (Å²) in [4.78, 5) is 22.8. The van der Waals surface area contributed by atoms with Crippen molar-refractivity contribution in [2.24, 2.45) is 11.8 Å². The maximum Gasteiger partial charge on any atom is 0.417 e. The van der Waals surface area contributed by atoms with Crippen molar-refractivity contribution in [3.63, 3.8) is 0 Å². The molecule has 0 aliphatic heterocycles. The maximum atomic E-state index is 11.4. The fourth-order valence-corrected chi connectivity index (χ4v) is 1.22. The van der Waals surface area contributed by atoms with Gasteiger partial charge in [0, 0.05) is 24.7 Å². The van der Waals surface area contributed by atoms with Gasteiger partial charge in [-0.05, 0) is 13.8 Å². The first kappa shape index (κ1) is 18.1. The number of hydrogen-bond acceptors (Lipinski definition) is 4. The molecule has 110 valence electrons. The molecule has 0 radical (unpaired) electrons. The van der Waals surface area contributed by atoms with E-state index in [0.717, 1.165) is 0 Å². The van der Waals surface area contributed by atoms with E-state index in [4.69, 9.17) is 9.47 Å². The van der Waals surface area contributed by atoms with Crippen molar-refractivity contribution in [1.82, 2.24) is 0 Å². The normalized spacial score (nSPS) is 12.0. The van der Waals surface area contributed by atoms with Crippen LogP contribution in [0.5, 0.6) is 0 Å². The Morgan fingerprint density at radius 3 is 1.50 bits per heavy atom. The van der Waals surface area contributed by atoms with Crippen LogP contribution >= 0.6 is 0 Å². The van der Waals surface area contributed by atoms with Gasteiger partial charge in [0.15, 0.2) is 0 Å². The highest BCUT2D eigenvalue weighted by Gasteiger charge is 2.19. The van der Waals surface area contributed by atoms with Crippen molar-refractivity contribution in [2.45, 2.75) is 40.5 Å². The topological polar surface area (TPSA) is 52.6 Å². The summed E-state index contributed by atoms with van der Waals surface area (Å²) in [7, 11) is 0. The lowest BCUT2D eigenvalue weighted by Gasteiger charge is -2.10. The van der Waals surface area contributed by atoms with Gasteiger partial charge in [-0.1, -0.05) is 13.8 Å². The van der Waals surface area contributed by atoms with E-state index in [9.17, 15) is 9.59 Å². The summed E-state index contributed by atoms with van der Waals surface area (Å²) in [6.45, 7) is 7.63. The van der Waals surface area contributed by atoms with E-state index in [0.29, 0.717) is 12.8 Å². The molecule has 4 nitrogen and oxygen atoms in total. The van der Waals surface area contributed by atoms with E-state index < -0.39 is 11.9 Å². The maximum absolute atomic E-state index is 11.4. The van der Waals surface area contributed by atoms with E-state index in [2.05, 4.69) is 23.7 Å². The van der Waals surface area contributed by atoms with E-state index in [1.807, 2.05) is 13.8 Å². The lowest BCUT2D eigenvalue weighted by atomic mass is 10.1. The molecule has 0 saturated carbocycles. The quantitative estimate of drug-likeness (QED) is 0.424. The highest BCUT2D eigenvalue weighted by Crippen LogP contribution is 2.04. The second kappa shape index (κ2) is 10.9. The van der Waals surface area contributed by atoms with E-state index in [-0.39, 0.29) is 25.0 Å². The summed E-state index contributed by atoms with van der Waals surface area (Å²) in [5.41, 5.74) is 0. The summed E-state index contributed by atoms with van der Waals surface area (Å²) in [5.74, 6) is 9.60. The Labute approximate surface area is 121 Å². The summed E-state index contributed by atoms with van der Waals surface area (Å²) in [5, 5.41) is 0. The first-order valence-corrected chi connectivity index (χ1v) is 6.64. The van der Waals surface area contributed by atoms with Crippen LogP contribution in [0.3, 0.4) is 0 Å². The zero-order valence-corrected chi connectivity index (χ0v) is 12.6. The van der Waals surface area contributed by atoms with Crippen molar-refractivity contribution in [2.75, 3.05) is 13.2 Å². The molecule has 20 heavy (non-hydrogen) atoms. The fourth-order valence-electron chi connectivity index (χ4n) is 1.22. The van der Waals surface area contributed by atoms with Crippen LogP contribution in [-0.4, -0.2) is 25.2 Å². The van der Waals surface area contributed by atoms with Crippen molar-refractivity contribution in [1.29, 1.82) is 0 Å². The second-order valence-electron chi connectivity index (χ2n) is 4.67. The van der Waals surface area contributed by atoms with Gasteiger partial charge >= 0.3 is 11.9 Å². The lowest BCUT2D eigenvalue weighted by Crippen LogP contribution is -2.24. The van der Waals surface area contributed by atoms with Gasteiger partial charge in [0.2, 0.25) is 0 Å². The third kappa shape index (κ3) is 9.05. The van der Waals surface area contributed by atoms with Crippen molar-refractivity contribution in [3.8, 4) is 23.7 Å². The molecule has 0 fully saturated rings. The largest absolute Gasteiger partial charge is 0.457 e.